The second-order valence-electron chi connectivity index (χ2n) is 7.22. The topological polar surface area (TPSA) is 78.7 Å². The van der Waals surface area contributed by atoms with Crippen molar-refractivity contribution in [3.63, 3.8) is 0 Å². The number of primary amides is 1. The van der Waals surface area contributed by atoms with E-state index < -0.39 is 6.03 Å². The van der Waals surface area contributed by atoms with Crippen LogP contribution in [0.15, 0.2) is 30.3 Å². The zero-order chi connectivity index (χ0) is 17.6. The van der Waals surface area contributed by atoms with E-state index in [0.29, 0.717) is 12.0 Å². The van der Waals surface area contributed by atoms with Crippen molar-refractivity contribution in [2.75, 3.05) is 26.2 Å². The van der Waals surface area contributed by atoms with Gasteiger partial charge in [0, 0.05) is 19.1 Å². The normalized spacial score (nSPS) is 25.0. The fourth-order valence-electron chi connectivity index (χ4n) is 4.33. The molecule has 3 N–H and O–H groups in total. The molecule has 0 spiro atoms. The number of nitrogens with zero attached hydrogens (tertiary/aromatic N) is 2. The number of carbonyl (C=O) groups excluding carboxylic acids is 2. The molecule has 25 heavy (non-hydrogen) atoms. The Hall–Kier alpha value is -1.92. The van der Waals surface area contributed by atoms with Gasteiger partial charge in [-0.1, -0.05) is 30.3 Å². The third-order valence-electron chi connectivity index (χ3n) is 5.36. The molecule has 2 aliphatic heterocycles. The first-order valence-corrected chi connectivity index (χ1v) is 9.21. The lowest BCUT2D eigenvalue weighted by Crippen LogP contribution is -2.48. The number of urea groups is 1. The van der Waals surface area contributed by atoms with E-state index >= 15 is 0 Å². The summed E-state index contributed by atoms with van der Waals surface area (Å²) >= 11 is 0. The van der Waals surface area contributed by atoms with E-state index in [4.69, 9.17) is 5.73 Å². The van der Waals surface area contributed by atoms with Gasteiger partial charge in [0.15, 0.2) is 0 Å². The summed E-state index contributed by atoms with van der Waals surface area (Å²) in [5.74, 6) is 0.290. The van der Waals surface area contributed by atoms with Crippen molar-refractivity contribution >= 4 is 11.9 Å². The molecule has 0 unspecified atom stereocenters. The van der Waals surface area contributed by atoms with Gasteiger partial charge in [-0.15, -0.1) is 0 Å². The number of piperidine rings is 1. The molecule has 2 aliphatic rings. The third-order valence-corrected chi connectivity index (χ3v) is 5.36. The fraction of sp³-hybridized carbons (Fsp3) is 0.579. The average molecular weight is 344 g/mol. The fourth-order valence-corrected chi connectivity index (χ4v) is 4.33. The first-order chi connectivity index (χ1) is 12.1. The zero-order valence-corrected chi connectivity index (χ0v) is 14.7. The van der Waals surface area contributed by atoms with Gasteiger partial charge < -0.3 is 5.73 Å². The van der Waals surface area contributed by atoms with Crippen molar-refractivity contribution in [2.24, 2.45) is 11.7 Å². The summed E-state index contributed by atoms with van der Waals surface area (Å²) in [7, 11) is 0. The van der Waals surface area contributed by atoms with Crippen LogP contribution >= 0.6 is 0 Å². The Labute approximate surface area is 149 Å². The molecular weight excluding hydrogens is 316 g/mol. The van der Waals surface area contributed by atoms with Crippen LogP contribution in [0.2, 0.25) is 0 Å². The highest BCUT2D eigenvalue weighted by Gasteiger charge is 2.35. The highest BCUT2D eigenvalue weighted by molar-refractivity contribution is 5.94. The van der Waals surface area contributed by atoms with Gasteiger partial charge in [-0.25, -0.2) is 4.79 Å². The second kappa shape index (κ2) is 8.45. The van der Waals surface area contributed by atoms with Gasteiger partial charge in [0.1, 0.15) is 0 Å². The standard InChI is InChI=1S/C19H28N4O2/c20-19(25)21-18(24)14-23-11-5-9-17(23)16-8-4-10-22(13-16)12-15-6-2-1-3-7-15/h1-3,6-7,16-17H,4-5,8-14H2,(H3,20,21,24,25)/t16-,17-/m0/s1. The van der Waals surface area contributed by atoms with E-state index in [1.165, 1.54) is 18.4 Å². The third kappa shape index (κ3) is 5.03. The summed E-state index contributed by atoms with van der Waals surface area (Å²) in [4.78, 5) is 27.5. The van der Waals surface area contributed by atoms with Gasteiger partial charge in [-0.05, 0) is 50.3 Å². The van der Waals surface area contributed by atoms with Crippen molar-refractivity contribution in [2.45, 2.75) is 38.3 Å². The molecule has 0 saturated carbocycles. The van der Waals surface area contributed by atoms with Gasteiger partial charge in [0.25, 0.3) is 0 Å². The van der Waals surface area contributed by atoms with Gasteiger partial charge in [-0.3, -0.25) is 19.9 Å². The van der Waals surface area contributed by atoms with E-state index in [1.54, 1.807) is 0 Å². The van der Waals surface area contributed by atoms with Crippen LogP contribution in [0.1, 0.15) is 31.2 Å². The van der Waals surface area contributed by atoms with Gasteiger partial charge in [0.2, 0.25) is 5.91 Å². The number of benzene rings is 1. The van der Waals surface area contributed by atoms with Gasteiger partial charge in [0.05, 0.1) is 6.54 Å². The summed E-state index contributed by atoms with van der Waals surface area (Å²) in [6.07, 6.45) is 4.66. The van der Waals surface area contributed by atoms with E-state index in [2.05, 4.69) is 45.4 Å². The lowest BCUT2D eigenvalue weighted by Gasteiger charge is -2.39. The highest BCUT2D eigenvalue weighted by Crippen LogP contribution is 2.30. The van der Waals surface area contributed by atoms with Crippen LogP contribution < -0.4 is 11.1 Å². The molecule has 3 rings (SSSR count). The Balaban J connectivity index is 1.56. The molecule has 2 heterocycles. The quantitative estimate of drug-likeness (QED) is 0.850. The first kappa shape index (κ1) is 17.9. The molecule has 6 nitrogen and oxygen atoms in total. The van der Waals surface area contributed by atoms with E-state index in [0.717, 1.165) is 39.0 Å². The molecule has 1 aromatic rings. The van der Waals surface area contributed by atoms with Crippen LogP contribution in [0.3, 0.4) is 0 Å². The van der Waals surface area contributed by atoms with E-state index in [1.807, 2.05) is 0 Å². The smallest absolute Gasteiger partial charge is 0.318 e. The summed E-state index contributed by atoms with van der Waals surface area (Å²) in [5, 5.41) is 2.18. The summed E-state index contributed by atoms with van der Waals surface area (Å²) in [6, 6.07) is 10.2. The number of amides is 3. The molecule has 2 atom stereocenters. The van der Waals surface area contributed by atoms with Crippen LogP contribution in [0.25, 0.3) is 0 Å². The largest absolute Gasteiger partial charge is 0.351 e. The van der Waals surface area contributed by atoms with Crippen molar-refractivity contribution in [1.29, 1.82) is 0 Å². The molecule has 2 fully saturated rings. The molecule has 0 radical (unpaired) electrons. The Morgan fingerprint density at radius 3 is 2.64 bits per heavy atom. The van der Waals surface area contributed by atoms with Gasteiger partial charge >= 0.3 is 6.03 Å². The maximum atomic E-state index is 11.9. The van der Waals surface area contributed by atoms with Crippen LogP contribution in [0, 0.1) is 5.92 Å². The Kier molecular flexibility index (Phi) is 6.04. The predicted molar refractivity (Wildman–Crippen MR) is 96.8 cm³/mol. The molecular formula is C19H28N4O2. The van der Waals surface area contributed by atoms with E-state index in [-0.39, 0.29) is 12.5 Å². The number of hydrogen-bond acceptors (Lipinski definition) is 4. The number of nitrogens with one attached hydrogen (secondary N) is 1. The monoisotopic (exact) mass is 344 g/mol. The number of nitrogens with two attached hydrogens (primary N) is 1. The van der Waals surface area contributed by atoms with Crippen molar-refractivity contribution < 1.29 is 9.59 Å². The lowest BCUT2D eigenvalue weighted by atomic mass is 9.89. The van der Waals surface area contributed by atoms with Crippen molar-refractivity contribution in [3.8, 4) is 0 Å². The summed E-state index contributed by atoms with van der Waals surface area (Å²) < 4.78 is 0. The molecule has 1 aromatic carbocycles. The minimum atomic E-state index is -0.771. The Morgan fingerprint density at radius 2 is 1.88 bits per heavy atom. The molecule has 0 aliphatic carbocycles. The first-order valence-electron chi connectivity index (χ1n) is 9.21. The number of rotatable bonds is 5. The van der Waals surface area contributed by atoms with Crippen molar-refractivity contribution in [3.05, 3.63) is 35.9 Å². The second-order valence-corrected chi connectivity index (χ2v) is 7.22. The minimum Gasteiger partial charge on any atom is -0.351 e. The number of carbonyl (C=O) groups is 2. The van der Waals surface area contributed by atoms with Crippen LogP contribution in [-0.4, -0.2) is 54.0 Å². The van der Waals surface area contributed by atoms with Crippen LogP contribution in [0.4, 0.5) is 4.79 Å². The SMILES string of the molecule is NC(=O)NC(=O)CN1CCC[C@H]1[C@H]1CCCN(Cc2ccccc2)C1. The van der Waals surface area contributed by atoms with Crippen LogP contribution in [-0.2, 0) is 11.3 Å². The Bertz CT molecular complexity index is 592. The molecule has 0 aromatic heterocycles. The molecule has 2 saturated heterocycles. The number of imide groups is 1. The number of likely N-dealkylation sites (tertiary alicyclic amines) is 2. The maximum Gasteiger partial charge on any atom is 0.318 e. The molecule has 0 bridgehead atoms. The average Bonchev–Trinajstić information content (AvgIpc) is 3.03. The molecule has 6 heteroatoms. The summed E-state index contributed by atoms with van der Waals surface area (Å²) in [6.45, 7) is 4.40. The minimum absolute atomic E-state index is 0.267. The summed E-state index contributed by atoms with van der Waals surface area (Å²) in [5.41, 5.74) is 6.39. The van der Waals surface area contributed by atoms with Crippen LogP contribution in [0.5, 0.6) is 0 Å². The molecule has 136 valence electrons. The maximum absolute atomic E-state index is 11.9. The highest BCUT2D eigenvalue weighted by atomic mass is 16.2. The Morgan fingerprint density at radius 1 is 1.12 bits per heavy atom. The van der Waals surface area contributed by atoms with Crippen molar-refractivity contribution in [1.82, 2.24) is 15.1 Å². The lowest BCUT2D eigenvalue weighted by molar-refractivity contribution is -0.121. The van der Waals surface area contributed by atoms with Gasteiger partial charge in [-0.2, -0.15) is 0 Å². The van der Waals surface area contributed by atoms with E-state index in [9.17, 15) is 9.59 Å². The molecule has 3 amide bonds. The predicted octanol–water partition coefficient (Wildman–Crippen LogP) is 1.56. The zero-order valence-electron chi connectivity index (χ0n) is 14.7. The number of hydrogen-bond donors (Lipinski definition) is 2.